The first-order chi connectivity index (χ1) is 7.96. The Hall–Kier alpha value is -1.06. The van der Waals surface area contributed by atoms with Gasteiger partial charge in [0.05, 0.1) is 5.92 Å². The Balaban J connectivity index is 1.78. The van der Waals surface area contributed by atoms with Crippen LogP contribution in [0.1, 0.15) is 46.0 Å². The molecule has 1 atom stereocenters. The molecule has 4 nitrogen and oxygen atoms in total. The molecule has 0 spiro atoms. The van der Waals surface area contributed by atoms with Crippen LogP contribution >= 0.6 is 0 Å². The molecule has 17 heavy (non-hydrogen) atoms. The zero-order valence-corrected chi connectivity index (χ0v) is 10.7. The standard InChI is InChI=1S/C13H22N2O2/c1-13(2)5-3-10(4-6-13)15-12(17)9-7-11(16)14-8-9/h9-10H,3-8H2,1-2H3,(H,14,16)(H,15,17). The second-order valence-corrected chi connectivity index (χ2v) is 6.15. The van der Waals surface area contributed by atoms with Crippen molar-refractivity contribution in [1.82, 2.24) is 10.6 Å². The van der Waals surface area contributed by atoms with Crippen molar-refractivity contribution in [2.45, 2.75) is 52.0 Å². The van der Waals surface area contributed by atoms with Crippen molar-refractivity contribution < 1.29 is 9.59 Å². The molecule has 0 aromatic heterocycles. The minimum absolute atomic E-state index is 0.00470. The quantitative estimate of drug-likeness (QED) is 0.759. The highest BCUT2D eigenvalue weighted by Gasteiger charge is 2.32. The normalized spacial score (nSPS) is 28.8. The molecule has 1 heterocycles. The van der Waals surface area contributed by atoms with Gasteiger partial charge in [0, 0.05) is 19.0 Å². The Labute approximate surface area is 103 Å². The molecule has 0 aromatic rings. The molecule has 4 heteroatoms. The molecule has 1 aliphatic carbocycles. The topological polar surface area (TPSA) is 58.2 Å². The van der Waals surface area contributed by atoms with E-state index in [0.717, 1.165) is 12.8 Å². The molecule has 0 bridgehead atoms. The minimum Gasteiger partial charge on any atom is -0.355 e. The van der Waals surface area contributed by atoms with Gasteiger partial charge in [0.15, 0.2) is 0 Å². The highest BCUT2D eigenvalue weighted by Crippen LogP contribution is 2.35. The summed E-state index contributed by atoms with van der Waals surface area (Å²) in [7, 11) is 0. The summed E-state index contributed by atoms with van der Waals surface area (Å²) in [5, 5.41) is 5.79. The van der Waals surface area contributed by atoms with Crippen LogP contribution in [0.5, 0.6) is 0 Å². The van der Waals surface area contributed by atoms with Crippen LogP contribution in [0.3, 0.4) is 0 Å². The molecule has 2 aliphatic rings. The summed E-state index contributed by atoms with van der Waals surface area (Å²) < 4.78 is 0. The molecule has 0 aromatic carbocycles. The van der Waals surface area contributed by atoms with E-state index < -0.39 is 0 Å². The van der Waals surface area contributed by atoms with Gasteiger partial charge in [-0.3, -0.25) is 9.59 Å². The van der Waals surface area contributed by atoms with Crippen LogP contribution in [0.4, 0.5) is 0 Å². The Bertz CT molecular complexity index is 315. The largest absolute Gasteiger partial charge is 0.355 e. The lowest BCUT2D eigenvalue weighted by molar-refractivity contribution is -0.127. The van der Waals surface area contributed by atoms with Crippen LogP contribution in [0.15, 0.2) is 0 Å². The molecular formula is C13H22N2O2. The lowest BCUT2D eigenvalue weighted by Crippen LogP contribution is -2.42. The Morgan fingerprint density at radius 2 is 2.00 bits per heavy atom. The molecule has 2 amide bonds. The molecule has 2 fully saturated rings. The summed E-state index contributed by atoms with van der Waals surface area (Å²) in [5.41, 5.74) is 0.423. The van der Waals surface area contributed by atoms with Gasteiger partial charge in [-0.15, -0.1) is 0 Å². The van der Waals surface area contributed by atoms with E-state index in [1.54, 1.807) is 0 Å². The van der Waals surface area contributed by atoms with Crippen molar-refractivity contribution >= 4 is 11.8 Å². The zero-order valence-electron chi connectivity index (χ0n) is 10.7. The molecule has 1 unspecified atom stereocenters. The highest BCUT2D eigenvalue weighted by molar-refractivity contribution is 5.89. The van der Waals surface area contributed by atoms with Gasteiger partial charge in [-0.05, 0) is 31.1 Å². The summed E-state index contributed by atoms with van der Waals surface area (Å²) in [4.78, 5) is 23.0. The van der Waals surface area contributed by atoms with E-state index in [9.17, 15) is 9.59 Å². The summed E-state index contributed by atoms with van der Waals surface area (Å²) in [6.07, 6.45) is 4.81. The smallest absolute Gasteiger partial charge is 0.225 e. The zero-order chi connectivity index (χ0) is 12.5. The van der Waals surface area contributed by atoms with Crippen molar-refractivity contribution in [3.05, 3.63) is 0 Å². The first-order valence-electron chi connectivity index (χ1n) is 6.53. The van der Waals surface area contributed by atoms with Crippen LogP contribution in [-0.2, 0) is 9.59 Å². The van der Waals surface area contributed by atoms with E-state index >= 15 is 0 Å². The van der Waals surface area contributed by atoms with Gasteiger partial charge in [0.2, 0.25) is 11.8 Å². The van der Waals surface area contributed by atoms with Gasteiger partial charge >= 0.3 is 0 Å². The van der Waals surface area contributed by atoms with Gasteiger partial charge < -0.3 is 10.6 Å². The number of nitrogens with one attached hydrogen (secondary N) is 2. The maximum absolute atomic E-state index is 11.9. The van der Waals surface area contributed by atoms with Crippen molar-refractivity contribution in [1.29, 1.82) is 0 Å². The number of hydrogen-bond acceptors (Lipinski definition) is 2. The molecule has 2 N–H and O–H groups in total. The summed E-state index contributed by atoms with van der Waals surface area (Å²) in [5.74, 6) is -0.111. The van der Waals surface area contributed by atoms with Crippen LogP contribution in [0, 0.1) is 11.3 Å². The third-order valence-electron chi connectivity index (χ3n) is 4.03. The van der Waals surface area contributed by atoms with Crippen molar-refractivity contribution in [3.63, 3.8) is 0 Å². The Morgan fingerprint density at radius 3 is 2.53 bits per heavy atom. The van der Waals surface area contributed by atoms with Crippen LogP contribution in [-0.4, -0.2) is 24.4 Å². The number of hydrogen-bond donors (Lipinski definition) is 2. The molecule has 1 saturated carbocycles. The number of carbonyl (C=O) groups is 2. The number of rotatable bonds is 2. The summed E-state index contributed by atoms with van der Waals surface area (Å²) in [6, 6.07) is 0.311. The minimum atomic E-state index is -0.155. The third kappa shape index (κ3) is 3.20. The van der Waals surface area contributed by atoms with Crippen LogP contribution < -0.4 is 10.6 Å². The maximum atomic E-state index is 11.9. The summed E-state index contributed by atoms with van der Waals surface area (Å²) in [6.45, 7) is 5.07. The van der Waals surface area contributed by atoms with E-state index in [-0.39, 0.29) is 17.7 Å². The molecule has 96 valence electrons. The van der Waals surface area contributed by atoms with Gasteiger partial charge in [-0.2, -0.15) is 0 Å². The van der Waals surface area contributed by atoms with Crippen molar-refractivity contribution in [2.75, 3.05) is 6.54 Å². The highest BCUT2D eigenvalue weighted by atomic mass is 16.2. The van der Waals surface area contributed by atoms with Crippen LogP contribution in [0.25, 0.3) is 0 Å². The monoisotopic (exact) mass is 238 g/mol. The second kappa shape index (κ2) is 4.67. The van der Waals surface area contributed by atoms with Crippen LogP contribution in [0.2, 0.25) is 0 Å². The maximum Gasteiger partial charge on any atom is 0.225 e. The number of amides is 2. The lowest BCUT2D eigenvalue weighted by atomic mass is 9.75. The van der Waals surface area contributed by atoms with Gasteiger partial charge in [-0.1, -0.05) is 13.8 Å². The molecule has 1 saturated heterocycles. The third-order valence-corrected chi connectivity index (χ3v) is 4.03. The average Bonchev–Trinajstić information content (AvgIpc) is 2.68. The fraction of sp³-hybridized carbons (Fsp3) is 0.846. The molecule has 0 radical (unpaired) electrons. The van der Waals surface area contributed by atoms with E-state index in [1.165, 1.54) is 12.8 Å². The van der Waals surface area contributed by atoms with Gasteiger partial charge in [-0.25, -0.2) is 0 Å². The second-order valence-electron chi connectivity index (χ2n) is 6.15. The Morgan fingerprint density at radius 1 is 1.35 bits per heavy atom. The fourth-order valence-corrected chi connectivity index (χ4v) is 2.65. The average molecular weight is 238 g/mol. The van der Waals surface area contributed by atoms with Gasteiger partial charge in [0.1, 0.15) is 0 Å². The number of carbonyl (C=O) groups excluding carboxylic acids is 2. The van der Waals surface area contributed by atoms with E-state index in [1.807, 2.05) is 0 Å². The van der Waals surface area contributed by atoms with Gasteiger partial charge in [0.25, 0.3) is 0 Å². The first kappa shape index (κ1) is 12.4. The van der Waals surface area contributed by atoms with E-state index in [0.29, 0.717) is 24.4 Å². The predicted octanol–water partition coefficient (Wildman–Crippen LogP) is 1.21. The molecule has 2 rings (SSSR count). The molecule has 1 aliphatic heterocycles. The first-order valence-corrected chi connectivity index (χ1v) is 6.53. The van der Waals surface area contributed by atoms with Crippen molar-refractivity contribution in [2.24, 2.45) is 11.3 Å². The van der Waals surface area contributed by atoms with E-state index in [4.69, 9.17) is 0 Å². The molecular weight excluding hydrogens is 216 g/mol. The Kier molecular flexibility index (Phi) is 3.40. The fourth-order valence-electron chi connectivity index (χ4n) is 2.65. The summed E-state index contributed by atoms with van der Waals surface area (Å²) >= 11 is 0. The lowest BCUT2D eigenvalue weighted by Gasteiger charge is -2.34. The van der Waals surface area contributed by atoms with Crippen molar-refractivity contribution in [3.8, 4) is 0 Å². The predicted molar refractivity (Wildman–Crippen MR) is 65.3 cm³/mol. The SMILES string of the molecule is CC1(C)CCC(NC(=O)C2CNC(=O)C2)CC1. The van der Waals surface area contributed by atoms with E-state index in [2.05, 4.69) is 24.5 Å².